The fourth-order valence-electron chi connectivity index (χ4n) is 2.75. The molecule has 1 saturated heterocycles. The first-order valence-corrected chi connectivity index (χ1v) is 7.71. The van der Waals surface area contributed by atoms with Crippen molar-refractivity contribution >= 4 is 23.3 Å². The molecule has 0 aliphatic carbocycles. The molecule has 3 heterocycles. The van der Waals surface area contributed by atoms with Gasteiger partial charge in [0.1, 0.15) is 5.82 Å². The zero-order valence-corrected chi connectivity index (χ0v) is 12.9. The Hall–Kier alpha value is -1.92. The van der Waals surface area contributed by atoms with Gasteiger partial charge in [-0.25, -0.2) is 4.98 Å². The second-order valence-corrected chi connectivity index (χ2v) is 5.84. The molecular weight excluding hydrogens is 302 g/mol. The van der Waals surface area contributed by atoms with Crippen LogP contribution < -0.4 is 5.32 Å². The highest BCUT2D eigenvalue weighted by Gasteiger charge is 2.26. The fraction of sp³-hybridized carbons (Fsp3) is 0.400. The van der Waals surface area contributed by atoms with Gasteiger partial charge in [-0.3, -0.25) is 14.4 Å². The largest absolute Gasteiger partial charge is 0.310 e. The monoisotopic (exact) mass is 319 g/mol. The van der Waals surface area contributed by atoms with E-state index in [1.807, 2.05) is 16.9 Å². The highest BCUT2D eigenvalue weighted by Crippen LogP contribution is 2.18. The second-order valence-electron chi connectivity index (χ2n) is 5.40. The molecular formula is C15H18ClN5O. The van der Waals surface area contributed by atoms with E-state index in [4.69, 9.17) is 11.6 Å². The predicted octanol–water partition coefficient (Wildman–Crippen LogP) is 2.03. The van der Waals surface area contributed by atoms with E-state index in [9.17, 15) is 4.79 Å². The number of rotatable bonds is 5. The molecule has 7 heteroatoms. The first kappa shape index (κ1) is 15.0. The van der Waals surface area contributed by atoms with Crippen molar-refractivity contribution in [3.8, 4) is 0 Å². The lowest BCUT2D eigenvalue weighted by Crippen LogP contribution is -2.39. The maximum Gasteiger partial charge on any atom is 0.239 e. The first-order valence-electron chi connectivity index (χ1n) is 7.33. The summed E-state index contributed by atoms with van der Waals surface area (Å²) in [5.74, 6) is 0.472. The van der Waals surface area contributed by atoms with Crippen LogP contribution in [0.25, 0.3) is 0 Å². The summed E-state index contributed by atoms with van der Waals surface area (Å²) in [6.07, 6.45) is 7.45. The molecule has 0 aromatic carbocycles. The van der Waals surface area contributed by atoms with Crippen molar-refractivity contribution in [2.24, 2.45) is 0 Å². The summed E-state index contributed by atoms with van der Waals surface area (Å²) in [5, 5.41) is 7.59. The van der Waals surface area contributed by atoms with E-state index < -0.39 is 0 Å². The van der Waals surface area contributed by atoms with Crippen molar-refractivity contribution in [1.29, 1.82) is 0 Å². The summed E-state index contributed by atoms with van der Waals surface area (Å²) in [5.41, 5.74) is 0. The number of nitrogens with one attached hydrogen (secondary N) is 1. The molecule has 0 radical (unpaired) electrons. The van der Waals surface area contributed by atoms with Gasteiger partial charge in [0, 0.05) is 24.6 Å². The highest BCUT2D eigenvalue weighted by atomic mass is 35.5. The number of pyridine rings is 1. The molecule has 1 fully saturated rings. The second kappa shape index (κ2) is 6.89. The van der Waals surface area contributed by atoms with E-state index in [-0.39, 0.29) is 5.91 Å². The Bertz CT molecular complexity index is 613. The SMILES string of the molecule is O=C(CN1CCC[C@@H]1Cn1cccn1)Nc1ccc(Cl)cn1. The minimum atomic E-state index is -0.0535. The molecule has 1 aliphatic heterocycles. The molecule has 0 spiro atoms. The Morgan fingerprint density at radius 1 is 1.45 bits per heavy atom. The number of halogens is 1. The quantitative estimate of drug-likeness (QED) is 0.916. The molecule has 3 rings (SSSR count). The summed E-state index contributed by atoms with van der Waals surface area (Å²) in [6, 6.07) is 5.67. The van der Waals surface area contributed by atoms with Crippen molar-refractivity contribution in [1.82, 2.24) is 19.7 Å². The fourth-order valence-corrected chi connectivity index (χ4v) is 2.86. The minimum absolute atomic E-state index is 0.0535. The van der Waals surface area contributed by atoms with Crippen LogP contribution in [0, 0.1) is 0 Å². The molecule has 22 heavy (non-hydrogen) atoms. The van der Waals surface area contributed by atoms with Crippen LogP contribution in [0.2, 0.25) is 5.02 Å². The van der Waals surface area contributed by atoms with Gasteiger partial charge in [0.2, 0.25) is 5.91 Å². The smallest absolute Gasteiger partial charge is 0.239 e. The predicted molar refractivity (Wildman–Crippen MR) is 84.7 cm³/mol. The topological polar surface area (TPSA) is 63.1 Å². The van der Waals surface area contributed by atoms with Gasteiger partial charge < -0.3 is 5.32 Å². The van der Waals surface area contributed by atoms with Crippen LogP contribution in [0.1, 0.15) is 12.8 Å². The Kier molecular flexibility index (Phi) is 4.70. The Morgan fingerprint density at radius 2 is 2.36 bits per heavy atom. The van der Waals surface area contributed by atoms with E-state index >= 15 is 0 Å². The molecule has 1 amide bonds. The Labute approximate surface area is 134 Å². The molecule has 6 nitrogen and oxygen atoms in total. The summed E-state index contributed by atoms with van der Waals surface area (Å²) in [4.78, 5) is 18.4. The van der Waals surface area contributed by atoms with Crippen molar-refractivity contribution < 1.29 is 4.79 Å². The standard InChI is InChI=1S/C15H18ClN5O/c16-12-4-5-14(17-9-12)19-15(22)11-20-7-1-3-13(20)10-21-8-2-6-18-21/h2,4-6,8-9,13H,1,3,7,10-11H2,(H,17,19,22)/t13-/m1/s1. The molecule has 1 aliphatic rings. The molecule has 0 unspecified atom stereocenters. The van der Waals surface area contributed by atoms with Crippen LogP contribution in [0.15, 0.2) is 36.8 Å². The van der Waals surface area contributed by atoms with Crippen LogP contribution in [0.5, 0.6) is 0 Å². The molecule has 0 saturated carbocycles. The highest BCUT2D eigenvalue weighted by molar-refractivity contribution is 6.30. The van der Waals surface area contributed by atoms with Crippen LogP contribution in [0.3, 0.4) is 0 Å². The zero-order chi connectivity index (χ0) is 15.4. The van der Waals surface area contributed by atoms with E-state index in [0.29, 0.717) is 23.4 Å². The third-order valence-corrected chi connectivity index (χ3v) is 4.02. The van der Waals surface area contributed by atoms with Gasteiger partial charge in [-0.05, 0) is 37.6 Å². The van der Waals surface area contributed by atoms with Crippen LogP contribution in [-0.2, 0) is 11.3 Å². The van der Waals surface area contributed by atoms with Gasteiger partial charge in [0.15, 0.2) is 0 Å². The third-order valence-electron chi connectivity index (χ3n) is 3.80. The van der Waals surface area contributed by atoms with E-state index in [1.54, 1.807) is 18.3 Å². The van der Waals surface area contributed by atoms with Crippen molar-refractivity contribution in [3.05, 3.63) is 41.8 Å². The Morgan fingerprint density at radius 3 is 3.09 bits per heavy atom. The van der Waals surface area contributed by atoms with Crippen LogP contribution in [-0.4, -0.2) is 44.7 Å². The number of hydrogen-bond acceptors (Lipinski definition) is 4. The Balaban J connectivity index is 1.54. The lowest BCUT2D eigenvalue weighted by Gasteiger charge is -2.23. The van der Waals surface area contributed by atoms with E-state index in [2.05, 4.69) is 20.3 Å². The van der Waals surface area contributed by atoms with Crippen molar-refractivity contribution in [2.45, 2.75) is 25.4 Å². The van der Waals surface area contributed by atoms with Gasteiger partial charge in [-0.1, -0.05) is 11.6 Å². The zero-order valence-electron chi connectivity index (χ0n) is 12.2. The summed E-state index contributed by atoms with van der Waals surface area (Å²) >= 11 is 5.78. The van der Waals surface area contributed by atoms with Crippen LogP contribution in [0.4, 0.5) is 5.82 Å². The number of nitrogens with zero attached hydrogens (tertiary/aromatic N) is 4. The molecule has 116 valence electrons. The van der Waals surface area contributed by atoms with E-state index in [0.717, 1.165) is 25.9 Å². The van der Waals surface area contributed by atoms with Gasteiger partial charge in [0.05, 0.1) is 18.1 Å². The van der Waals surface area contributed by atoms with Crippen LogP contribution >= 0.6 is 11.6 Å². The van der Waals surface area contributed by atoms with Gasteiger partial charge in [0.25, 0.3) is 0 Å². The van der Waals surface area contributed by atoms with Gasteiger partial charge >= 0.3 is 0 Å². The average Bonchev–Trinajstić information content (AvgIpc) is 3.15. The summed E-state index contributed by atoms with van der Waals surface area (Å²) < 4.78 is 1.92. The van der Waals surface area contributed by atoms with Gasteiger partial charge in [-0.2, -0.15) is 5.10 Å². The molecule has 2 aromatic heterocycles. The summed E-state index contributed by atoms with van der Waals surface area (Å²) in [6.45, 7) is 2.13. The molecule has 0 bridgehead atoms. The van der Waals surface area contributed by atoms with Gasteiger partial charge in [-0.15, -0.1) is 0 Å². The molecule has 2 aromatic rings. The number of amides is 1. The number of anilines is 1. The number of carbonyl (C=O) groups excluding carboxylic acids is 1. The molecule has 1 N–H and O–H groups in total. The third kappa shape index (κ3) is 3.84. The molecule has 1 atom stereocenters. The lowest BCUT2D eigenvalue weighted by atomic mass is 10.2. The van der Waals surface area contributed by atoms with Crippen molar-refractivity contribution in [3.63, 3.8) is 0 Å². The number of hydrogen-bond donors (Lipinski definition) is 1. The minimum Gasteiger partial charge on any atom is -0.310 e. The number of carbonyl (C=O) groups is 1. The normalized spacial score (nSPS) is 18.5. The lowest BCUT2D eigenvalue weighted by molar-refractivity contribution is -0.117. The van der Waals surface area contributed by atoms with Crippen molar-refractivity contribution in [2.75, 3.05) is 18.4 Å². The summed E-state index contributed by atoms with van der Waals surface area (Å²) in [7, 11) is 0. The first-order chi connectivity index (χ1) is 10.7. The maximum atomic E-state index is 12.2. The maximum absolute atomic E-state index is 12.2. The average molecular weight is 320 g/mol. The number of aromatic nitrogens is 3. The van der Waals surface area contributed by atoms with E-state index in [1.165, 1.54) is 6.20 Å². The number of likely N-dealkylation sites (tertiary alicyclic amines) is 1.